The van der Waals surface area contributed by atoms with Crippen molar-refractivity contribution in [2.24, 2.45) is 5.10 Å². The van der Waals surface area contributed by atoms with E-state index in [0.717, 1.165) is 38.2 Å². The number of piperidine rings is 1. The molecule has 3 heterocycles. The summed E-state index contributed by atoms with van der Waals surface area (Å²) in [5.74, 6) is 1.25. The maximum Gasteiger partial charge on any atom is 0.417 e. The highest BCUT2D eigenvalue weighted by molar-refractivity contribution is 5.82. The van der Waals surface area contributed by atoms with Crippen LogP contribution in [0.25, 0.3) is 0 Å². The molecule has 2 aliphatic heterocycles. The maximum atomic E-state index is 13.2. The van der Waals surface area contributed by atoms with E-state index < -0.39 is 11.7 Å². The standard InChI is InChI=1S/C20H24F3N7O/c21-20(22,23)16-7-3-2-6-15(16)14-24-28-17-25-18(29-8-4-1-5-9-29)27-19(26-17)30-10-12-31-13-11-30/h2-3,6-7,14H,1,4-5,8-13H2,(H,25,26,27,28)/b24-14-. The largest absolute Gasteiger partial charge is 0.417 e. The number of hydrogen-bond acceptors (Lipinski definition) is 8. The summed E-state index contributed by atoms with van der Waals surface area (Å²) in [7, 11) is 0. The number of nitrogens with one attached hydrogen (secondary N) is 1. The number of ether oxygens (including phenoxy) is 1. The number of hydrogen-bond donors (Lipinski definition) is 1. The van der Waals surface area contributed by atoms with Crippen molar-refractivity contribution in [2.75, 3.05) is 54.6 Å². The SMILES string of the molecule is FC(F)(F)c1ccccc1/C=N\Nc1nc(N2CCCCC2)nc(N2CCOCC2)n1. The van der Waals surface area contributed by atoms with Crippen LogP contribution in [0.1, 0.15) is 30.4 Å². The van der Waals surface area contributed by atoms with Gasteiger partial charge in [-0.3, -0.25) is 0 Å². The van der Waals surface area contributed by atoms with Gasteiger partial charge in [0.1, 0.15) is 0 Å². The van der Waals surface area contributed by atoms with Crippen molar-refractivity contribution < 1.29 is 17.9 Å². The zero-order valence-electron chi connectivity index (χ0n) is 17.0. The molecule has 2 fully saturated rings. The van der Waals surface area contributed by atoms with Gasteiger partial charge >= 0.3 is 6.18 Å². The Labute approximate surface area is 178 Å². The van der Waals surface area contributed by atoms with E-state index >= 15 is 0 Å². The minimum Gasteiger partial charge on any atom is -0.378 e. The number of alkyl halides is 3. The zero-order valence-corrected chi connectivity index (χ0v) is 17.0. The normalized spacial score (nSPS) is 17.9. The van der Waals surface area contributed by atoms with Gasteiger partial charge in [-0.2, -0.15) is 33.2 Å². The van der Waals surface area contributed by atoms with Crippen LogP contribution in [0.2, 0.25) is 0 Å². The third-order valence-corrected chi connectivity index (χ3v) is 5.18. The molecule has 0 unspecified atom stereocenters. The van der Waals surface area contributed by atoms with E-state index in [2.05, 4.69) is 30.4 Å². The molecule has 2 aliphatic rings. The monoisotopic (exact) mass is 435 g/mol. The molecule has 11 heteroatoms. The van der Waals surface area contributed by atoms with Gasteiger partial charge in [-0.05, 0) is 25.3 Å². The fourth-order valence-electron chi connectivity index (χ4n) is 3.57. The molecule has 31 heavy (non-hydrogen) atoms. The third kappa shape index (κ3) is 5.40. The minimum atomic E-state index is -4.46. The van der Waals surface area contributed by atoms with Gasteiger partial charge in [0.05, 0.1) is 25.0 Å². The summed E-state index contributed by atoms with van der Waals surface area (Å²) in [6.07, 6.45) is -0.0321. The summed E-state index contributed by atoms with van der Waals surface area (Å²) in [6, 6.07) is 5.26. The van der Waals surface area contributed by atoms with Crippen LogP contribution in [-0.2, 0) is 10.9 Å². The Balaban J connectivity index is 1.57. The summed E-state index contributed by atoms with van der Waals surface area (Å²) in [5.41, 5.74) is 1.89. The van der Waals surface area contributed by atoms with Gasteiger partial charge in [0, 0.05) is 31.7 Å². The average molecular weight is 435 g/mol. The van der Waals surface area contributed by atoms with Crippen molar-refractivity contribution in [1.82, 2.24) is 15.0 Å². The second kappa shape index (κ2) is 9.46. The maximum absolute atomic E-state index is 13.2. The van der Waals surface area contributed by atoms with E-state index in [1.165, 1.54) is 24.6 Å². The van der Waals surface area contributed by atoms with E-state index in [-0.39, 0.29) is 11.5 Å². The minimum absolute atomic E-state index is 0.0405. The van der Waals surface area contributed by atoms with Gasteiger partial charge in [-0.25, -0.2) is 5.43 Å². The van der Waals surface area contributed by atoms with Gasteiger partial charge in [0.15, 0.2) is 0 Å². The highest BCUT2D eigenvalue weighted by Gasteiger charge is 2.32. The molecule has 1 aromatic carbocycles. The van der Waals surface area contributed by atoms with Crippen LogP contribution in [0.4, 0.5) is 31.0 Å². The first-order valence-electron chi connectivity index (χ1n) is 10.3. The number of benzene rings is 1. The smallest absolute Gasteiger partial charge is 0.378 e. The molecule has 166 valence electrons. The van der Waals surface area contributed by atoms with Crippen LogP contribution >= 0.6 is 0 Å². The number of halogens is 3. The number of aromatic nitrogens is 3. The molecule has 2 saturated heterocycles. The first-order valence-corrected chi connectivity index (χ1v) is 10.3. The molecule has 4 rings (SSSR count). The van der Waals surface area contributed by atoms with Gasteiger partial charge in [-0.1, -0.05) is 18.2 Å². The first-order chi connectivity index (χ1) is 15.0. The summed E-state index contributed by atoms with van der Waals surface area (Å²) in [4.78, 5) is 17.6. The molecule has 2 aromatic rings. The fourth-order valence-corrected chi connectivity index (χ4v) is 3.57. The van der Waals surface area contributed by atoms with Crippen molar-refractivity contribution in [1.29, 1.82) is 0 Å². The van der Waals surface area contributed by atoms with E-state index in [0.29, 0.717) is 38.2 Å². The average Bonchev–Trinajstić information content (AvgIpc) is 2.80. The Morgan fingerprint density at radius 1 is 0.903 bits per heavy atom. The number of hydrazone groups is 1. The van der Waals surface area contributed by atoms with Crippen molar-refractivity contribution in [3.8, 4) is 0 Å². The third-order valence-electron chi connectivity index (χ3n) is 5.18. The summed E-state index contributed by atoms with van der Waals surface area (Å²) in [6.45, 7) is 4.19. The molecule has 0 bridgehead atoms. The molecular weight excluding hydrogens is 411 g/mol. The van der Waals surface area contributed by atoms with Crippen molar-refractivity contribution in [3.05, 3.63) is 35.4 Å². The van der Waals surface area contributed by atoms with Crippen LogP contribution in [0.3, 0.4) is 0 Å². The Morgan fingerprint density at radius 2 is 1.55 bits per heavy atom. The quantitative estimate of drug-likeness (QED) is 0.571. The zero-order chi connectivity index (χ0) is 21.7. The molecule has 0 radical (unpaired) electrons. The highest BCUT2D eigenvalue weighted by atomic mass is 19.4. The van der Waals surface area contributed by atoms with Crippen molar-refractivity contribution >= 4 is 24.1 Å². The van der Waals surface area contributed by atoms with E-state index in [1.807, 2.05) is 4.90 Å². The number of anilines is 3. The summed E-state index contributed by atoms with van der Waals surface area (Å²) >= 11 is 0. The Kier molecular flexibility index (Phi) is 6.50. The molecule has 0 amide bonds. The summed E-state index contributed by atoms with van der Waals surface area (Å²) in [5, 5.41) is 3.97. The molecule has 0 atom stereocenters. The van der Waals surface area contributed by atoms with E-state index in [1.54, 1.807) is 0 Å². The van der Waals surface area contributed by atoms with Crippen LogP contribution in [0.15, 0.2) is 29.4 Å². The predicted molar refractivity (Wildman–Crippen MR) is 112 cm³/mol. The number of nitrogens with zero attached hydrogens (tertiary/aromatic N) is 6. The lowest BCUT2D eigenvalue weighted by molar-refractivity contribution is -0.137. The molecule has 0 spiro atoms. The lowest BCUT2D eigenvalue weighted by atomic mass is 10.1. The predicted octanol–water partition coefficient (Wildman–Crippen LogP) is 3.16. The lowest BCUT2D eigenvalue weighted by Crippen LogP contribution is -2.38. The Morgan fingerprint density at radius 3 is 2.23 bits per heavy atom. The van der Waals surface area contributed by atoms with Gasteiger partial charge in [0.25, 0.3) is 0 Å². The topological polar surface area (TPSA) is 78.8 Å². The Bertz CT molecular complexity index is 874. The van der Waals surface area contributed by atoms with Gasteiger partial charge < -0.3 is 14.5 Å². The lowest BCUT2D eigenvalue weighted by Gasteiger charge is -2.30. The second-order valence-corrected chi connectivity index (χ2v) is 7.36. The van der Waals surface area contributed by atoms with Gasteiger partial charge in [-0.15, -0.1) is 0 Å². The molecule has 1 aromatic heterocycles. The van der Waals surface area contributed by atoms with Crippen LogP contribution in [0.5, 0.6) is 0 Å². The van der Waals surface area contributed by atoms with Gasteiger partial charge in [0.2, 0.25) is 17.8 Å². The summed E-state index contributed by atoms with van der Waals surface area (Å²) < 4.78 is 44.9. The number of rotatable bonds is 5. The molecule has 0 aliphatic carbocycles. The van der Waals surface area contributed by atoms with Crippen molar-refractivity contribution in [3.63, 3.8) is 0 Å². The second-order valence-electron chi connectivity index (χ2n) is 7.36. The fraction of sp³-hybridized carbons (Fsp3) is 0.500. The molecule has 0 saturated carbocycles. The molecule has 1 N–H and O–H groups in total. The van der Waals surface area contributed by atoms with Crippen LogP contribution in [-0.4, -0.2) is 60.6 Å². The van der Waals surface area contributed by atoms with E-state index in [4.69, 9.17) is 4.74 Å². The van der Waals surface area contributed by atoms with Crippen LogP contribution in [0, 0.1) is 0 Å². The molecule has 8 nitrogen and oxygen atoms in total. The molecular formula is C20H24F3N7O. The number of morpholine rings is 1. The Hall–Kier alpha value is -2.95. The highest BCUT2D eigenvalue weighted by Crippen LogP contribution is 2.31. The van der Waals surface area contributed by atoms with Crippen molar-refractivity contribution in [2.45, 2.75) is 25.4 Å². The van der Waals surface area contributed by atoms with Crippen LogP contribution < -0.4 is 15.2 Å². The first kappa shape index (κ1) is 21.3. The van der Waals surface area contributed by atoms with E-state index in [9.17, 15) is 13.2 Å².